The number of fused-ring (bicyclic) bond motifs is 1. The number of hydrogen-bond acceptors (Lipinski definition) is 8. The number of aromatic nitrogens is 3. The van der Waals surface area contributed by atoms with Gasteiger partial charge in [-0.2, -0.15) is 0 Å². The molecule has 1 fully saturated rings. The predicted molar refractivity (Wildman–Crippen MR) is 167 cm³/mol. The Morgan fingerprint density at radius 3 is 2.46 bits per heavy atom. The van der Waals surface area contributed by atoms with Crippen LogP contribution in [0.3, 0.4) is 0 Å². The minimum Gasteiger partial charge on any atom is -0.492 e. The molecule has 1 aliphatic heterocycles. The first-order chi connectivity index (χ1) is 22.2. The van der Waals surface area contributed by atoms with Crippen LogP contribution >= 0.6 is 0 Å². The number of rotatable bonds is 10. The highest BCUT2D eigenvalue weighted by Crippen LogP contribution is 2.29. The number of carbonyl (C=O) groups excluding carboxylic acids is 1. The lowest BCUT2D eigenvalue weighted by atomic mass is 10.1. The number of amides is 1. The average molecular weight is 633 g/mol. The van der Waals surface area contributed by atoms with Gasteiger partial charge in [-0.1, -0.05) is 6.07 Å². The molecular weight excluding hydrogens is 601 g/mol. The molecule has 1 saturated heterocycles. The molecule has 0 bridgehead atoms. The number of nitrogens with zero attached hydrogens (tertiary/aromatic N) is 4. The van der Waals surface area contributed by atoms with E-state index < -0.39 is 6.36 Å². The van der Waals surface area contributed by atoms with Crippen molar-refractivity contribution in [1.29, 1.82) is 0 Å². The lowest BCUT2D eigenvalue weighted by Gasteiger charge is -2.26. The number of ether oxygens (including phenoxy) is 3. The second-order valence-corrected chi connectivity index (χ2v) is 10.6. The summed E-state index contributed by atoms with van der Waals surface area (Å²) in [6.07, 6.45) is -3.03. The fraction of sp³-hybridized carbons (Fsp3) is 0.242. The lowest BCUT2D eigenvalue weighted by molar-refractivity contribution is -0.274. The van der Waals surface area contributed by atoms with Crippen LogP contribution in [0.15, 0.2) is 85.1 Å². The predicted octanol–water partition coefficient (Wildman–Crippen LogP) is 6.31. The molecule has 2 N–H and O–H groups in total. The molecule has 3 aromatic carbocycles. The standard InChI is InChI=1S/C33H31F3N6O4/c1-22-4-11-27(45-20-17-41-15-18-44-19-16-41)21-28(22)38-31(43)24-5-9-25(10-6-24)37-32-39-30(29-3-2-14-42(29)40-32)23-7-12-26(13-8-23)46-33(34,35)36/h2-14,21H,15-20H2,1H3,(H,37,40)(H,38,43). The molecule has 6 rings (SSSR count). The molecule has 0 radical (unpaired) electrons. The van der Waals surface area contributed by atoms with Gasteiger partial charge in [0.2, 0.25) is 5.95 Å². The SMILES string of the molecule is Cc1ccc(OCCN2CCOCC2)cc1NC(=O)c1ccc(Nc2nc(-c3ccc(OC(F)(F)F)cc3)c3cccn3n2)cc1. The van der Waals surface area contributed by atoms with E-state index in [0.717, 1.165) is 38.4 Å². The molecule has 0 spiro atoms. The maximum Gasteiger partial charge on any atom is 0.573 e. The normalized spacial score (nSPS) is 13.8. The van der Waals surface area contributed by atoms with Gasteiger partial charge in [-0.3, -0.25) is 9.69 Å². The highest BCUT2D eigenvalue weighted by molar-refractivity contribution is 6.05. The summed E-state index contributed by atoms with van der Waals surface area (Å²) in [7, 11) is 0. The van der Waals surface area contributed by atoms with Gasteiger partial charge in [-0.25, -0.2) is 9.50 Å². The van der Waals surface area contributed by atoms with Gasteiger partial charge in [0, 0.05) is 54.4 Å². The van der Waals surface area contributed by atoms with Gasteiger partial charge < -0.3 is 24.8 Å². The molecular formula is C33H31F3N6O4. The number of morpholine rings is 1. The van der Waals surface area contributed by atoms with Gasteiger partial charge >= 0.3 is 6.36 Å². The zero-order valence-corrected chi connectivity index (χ0v) is 24.9. The Morgan fingerprint density at radius 1 is 0.978 bits per heavy atom. The molecule has 46 heavy (non-hydrogen) atoms. The van der Waals surface area contributed by atoms with E-state index in [2.05, 4.69) is 30.4 Å². The molecule has 2 aromatic heterocycles. The second kappa shape index (κ2) is 13.5. The van der Waals surface area contributed by atoms with Gasteiger partial charge in [0.25, 0.3) is 5.91 Å². The van der Waals surface area contributed by atoms with Crippen LogP contribution in [0.4, 0.5) is 30.5 Å². The molecule has 3 heterocycles. The summed E-state index contributed by atoms with van der Waals surface area (Å²) in [5.74, 6) is 0.339. The van der Waals surface area contributed by atoms with Crippen LogP contribution in [-0.2, 0) is 4.74 Å². The van der Waals surface area contributed by atoms with Crippen molar-refractivity contribution in [3.8, 4) is 22.8 Å². The fourth-order valence-corrected chi connectivity index (χ4v) is 4.99. The molecule has 0 atom stereocenters. The van der Waals surface area contributed by atoms with E-state index >= 15 is 0 Å². The van der Waals surface area contributed by atoms with Crippen molar-refractivity contribution >= 4 is 28.7 Å². The zero-order chi connectivity index (χ0) is 32.1. The number of hydrogen-bond donors (Lipinski definition) is 2. The van der Waals surface area contributed by atoms with Crippen molar-refractivity contribution in [1.82, 2.24) is 19.5 Å². The minimum atomic E-state index is -4.78. The van der Waals surface area contributed by atoms with Gasteiger partial charge in [0.05, 0.1) is 18.7 Å². The molecule has 0 unspecified atom stereocenters. The van der Waals surface area contributed by atoms with Crippen LogP contribution < -0.4 is 20.1 Å². The van der Waals surface area contributed by atoms with Crippen molar-refractivity contribution in [2.24, 2.45) is 0 Å². The Morgan fingerprint density at radius 2 is 1.72 bits per heavy atom. The van der Waals surface area contributed by atoms with Gasteiger partial charge in [0.1, 0.15) is 23.8 Å². The van der Waals surface area contributed by atoms with E-state index in [0.29, 0.717) is 46.1 Å². The Labute approximate surface area is 262 Å². The fourth-order valence-electron chi connectivity index (χ4n) is 4.99. The minimum absolute atomic E-state index is 0.257. The Kier molecular flexibility index (Phi) is 9.04. The largest absolute Gasteiger partial charge is 0.573 e. The highest BCUT2D eigenvalue weighted by Gasteiger charge is 2.31. The van der Waals surface area contributed by atoms with Crippen LogP contribution in [-0.4, -0.2) is 71.2 Å². The first-order valence-electron chi connectivity index (χ1n) is 14.6. The van der Waals surface area contributed by atoms with Crippen LogP contribution in [0, 0.1) is 6.92 Å². The number of halogens is 3. The number of benzene rings is 3. The number of carbonyl (C=O) groups is 1. The van der Waals surface area contributed by atoms with Crippen molar-refractivity contribution in [3.63, 3.8) is 0 Å². The first-order valence-corrected chi connectivity index (χ1v) is 14.6. The summed E-state index contributed by atoms with van der Waals surface area (Å²) >= 11 is 0. The van der Waals surface area contributed by atoms with E-state index in [-0.39, 0.29) is 17.6 Å². The number of alkyl halides is 3. The van der Waals surface area contributed by atoms with Gasteiger partial charge in [-0.15, -0.1) is 18.3 Å². The number of aryl methyl sites for hydroxylation is 1. The molecule has 238 valence electrons. The van der Waals surface area contributed by atoms with Crippen molar-refractivity contribution in [3.05, 3.63) is 96.2 Å². The highest BCUT2D eigenvalue weighted by atomic mass is 19.4. The topological polar surface area (TPSA) is 102 Å². The van der Waals surface area contributed by atoms with Gasteiger partial charge in [0.15, 0.2) is 0 Å². The Hall–Kier alpha value is -5.14. The van der Waals surface area contributed by atoms with Crippen LogP contribution in [0.5, 0.6) is 11.5 Å². The first kappa shape index (κ1) is 30.9. The summed E-state index contributed by atoms with van der Waals surface area (Å²) < 4.78 is 54.7. The van der Waals surface area contributed by atoms with E-state index in [1.807, 2.05) is 31.2 Å². The smallest absolute Gasteiger partial charge is 0.492 e. The van der Waals surface area contributed by atoms with E-state index in [4.69, 9.17) is 9.47 Å². The van der Waals surface area contributed by atoms with E-state index in [9.17, 15) is 18.0 Å². The molecule has 10 nitrogen and oxygen atoms in total. The van der Waals surface area contributed by atoms with Crippen molar-refractivity contribution in [2.45, 2.75) is 13.3 Å². The van der Waals surface area contributed by atoms with Crippen molar-refractivity contribution in [2.75, 3.05) is 50.1 Å². The second-order valence-electron chi connectivity index (χ2n) is 10.6. The third-order valence-electron chi connectivity index (χ3n) is 7.39. The number of anilines is 3. The third-order valence-corrected chi connectivity index (χ3v) is 7.39. The molecule has 5 aromatic rings. The summed E-state index contributed by atoms with van der Waals surface area (Å²) in [6.45, 7) is 6.52. The Bertz CT molecular complexity index is 1800. The summed E-state index contributed by atoms with van der Waals surface area (Å²) in [4.78, 5) is 20.0. The number of nitrogens with one attached hydrogen (secondary N) is 2. The van der Waals surface area contributed by atoms with E-state index in [1.165, 1.54) is 24.3 Å². The lowest BCUT2D eigenvalue weighted by Crippen LogP contribution is -2.38. The Balaban J connectivity index is 1.11. The maximum atomic E-state index is 13.1. The maximum absolute atomic E-state index is 13.1. The van der Waals surface area contributed by atoms with Crippen molar-refractivity contribution < 1.29 is 32.2 Å². The molecule has 0 aliphatic carbocycles. The summed E-state index contributed by atoms with van der Waals surface area (Å²) in [6, 6.07) is 21.5. The van der Waals surface area contributed by atoms with E-state index in [1.54, 1.807) is 41.0 Å². The molecule has 1 aliphatic rings. The summed E-state index contributed by atoms with van der Waals surface area (Å²) in [5, 5.41) is 10.6. The monoisotopic (exact) mass is 632 g/mol. The third kappa shape index (κ3) is 7.73. The molecule has 0 saturated carbocycles. The molecule has 13 heteroatoms. The van der Waals surface area contributed by atoms with Crippen LogP contribution in [0.25, 0.3) is 16.8 Å². The van der Waals surface area contributed by atoms with Gasteiger partial charge in [-0.05, 0) is 79.2 Å². The zero-order valence-electron chi connectivity index (χ0n) is 24.9. The molecule has 1 amide bonds. The average Bonchev–Trinajstić information content (AvgIpc) is 3.52. The van der Waals surface area contributed by atoms with Crippen LogP contribution in [0.1, 0.15) is 15.9 Å². The quantitative estimate of drug-likeness (QED) is 0.185. The van der Waals surface area contributed by atoms with Crippen LogP contribution in [0.2, 0.25) is 0 Å². The summed E-state index contributed by atoms with van der Waals surface area (Å²) in [5.41, 5.74) is 4.42.